The van der Waals surface area contributed by atoms with Gasteiger partial charge in [0.2, 0.25) is 10.0 Å². The second-order valence-corrected chi connectivity index (χ2v) is 6.71. The molecule has 0 fully saturated rings. The van der Waals surface area contributed by atoms with E-state index in [2.05, 4.69) is 15.5 Å². The molecule has 0 saturated heterocycles. The zero-order valence-corrected chi connectivity index (χ0v) is 13.0. The fourth-order valence-corrected chi connectivity index (χ4v) is 3.31. The maximum absolute atomic E-state index is 13.3. The van der Waals surface area contributed by atoms with E-state index in [0.29, 0.717) is 0 Å². The molecular weight excluding hydrogens is 366 g/mol. The molecule has 0 unspecified atom stereocenters. The van der Waals surface area contributed by atoms with E-state index in [1.54, 1.807) is 4.72 Å². The second-order valence-electron chi connectivity index (χ2n) is 4.99. The summed E-state index contributed by atoms with van der Waals surface area (Å²) in [7, 11) is -4.54. The molecule has 0 spiro atoms. The average molecular weight is 375 g/mol. The predicted octanol–water partition coefficient (Wildman–Crippen LogP) is 1.85. The van der Waals surface area contributed by atoms with Crippen LogP contribution in [0.3, 0.4) is 0 Å². The molecule has 7 nitrogen and oxygen atoms in total. The fourth-order valence-electron chi connectivity index (χ4n) is 2.09. The highest BCUT2D eigenvalue weighted by Crippen LogP contribution is 2.34. The zero-order chi connectivity index (χ0) is 18.2. The summed E-state index contributed by atoms with van der Waals surface area (Å²) in [4.78, 5) is -0.439. The van der Waals surface area contributed by atoms with Gasteiger partial charge in [-0.25, -0.2) is 17.3 Å². The standard InChI is InChI=1S/C13H9F4N5O2S/c14-9-3-1-8(2-4-9)12(13(15,16)17)19-25(23,24)10-5-6-22-11(7-10)18-20-21-22/h1-7,12,19H/t12-/m1/s1. The Kier molecular flexibility index (Phi) is 4.16. The van der Waals surface area contributed by atoms with Gasteiger partial charge >= 0.3 is 6.18 Å². The number of alkyl halides is 3. The van der Waals surface area contributed by atoms with Crippen LogP contribution in [0.2, 0.25) is 0 Å². The lowest BCUT2D eigenvalue weighted by atomic mass is 10.1. The SMILES string of the molecule is O=S(=O)(N[C@H](c1ccc(F)cc1)C(F)(F)F)c1ccn2nnnc2c1. The topological polar surface area (TPSA) is 89.2 Å². The Morgan fingerprint density at radius 3 is 2.44 bits per heavy atom. The molecule has 1 atom stereocenters. The average Bonchev–Trinajstić information content (AvgIpc) is 3.00. The molecule has 2 heterocycles. The van der Waals surface area contributed by atoms with E-state index in [4.69, 9.17) is 0 Å². The second kappa shape index (κ2) is 6.04. The third-order valence-corrected chi connectivity index (χ3v) is 4.70. The van der Waals surface area contributed by atoms with Crippen LogP contribution in [-0.4, -0.2) is 34.6 Å². The van der Waals surface area contributed by atoms with Crippen LogP contribution in [0.4, 0.5) is 17.6 Å². The molecule has 0 aliphatic carbocycles. The molecule has 1 aromatic carbocycles. The zero-order valence-electron chi connectivity index (χ0n) is 12.1. The Balaban J connectivity index is 1.98. The van der Waals surface area contributed by atoms with Gasteiger partial charge in [-0.3, -0.25) is 0 Å². The van der Waals surface area contributed by atoms with Crippen LogP contribution in [0.25, 0.3) is 5.65 Å². The van der Waals surface area contributed by atoms with E-state index in [1.165, 1.54) is 6.20 Å². The van der Waals surface area contributed by atoms with E-state index in [0.717, 1.165) is 40.9 Å². The number of nitrogens with one attached hydrogen (secondary N) is 1. The summed E-state index contributed by atoms with van der Waals surface area (Å²) >= 11 is 0. The van der Waals surface area contributed by atoms with Gasteiger partial charge in [-0.2, -0.15) is 17.9 Å². The molecule has 0 amide bonds. The molecule has 2 aromatic heterocycles. The van der Waals surface area contributed by atoms with Crippen LogP contribution in [0, 0.1) is 5.82 Å². The molecule has 0 aliphatic heterocycles. The van der Waals surface area contributed by atoms with Gasteiger partial charge in [0, 0.05) is 12.3 Å². The summed E-state index contributed by atoms with van der Waals surface area (Å²) in [5.74, 6) is -0.739. The highest BCUT2D eigenvalue weighted by atomic mass is 32.2. The van der Waals surface area contributed by atoms with Crippen molar-refractivity contribution >= 4 is 15.7 Å². The maximum Gasteiger partial charge on any atom is 0.408 e. The molecule has 3 rings (SSSR count). The van der Waals surface area contributed by atoms with Gasteiger partial charge in [0.1, 0.15) is 11.9 Å². The fraction of sp³-hybridized carbons (Fsp3) is 0.154. The highest BCUT2D eigenvalue weighted by molar-refractivity contribution is 7.89. The van der Waals surface area contributed by atoms with E-state index < -0.39 is 38.5 Å². The maximum atomic E-state index is 13.3. The van der Waals surface area contributed by atoms with Gasteiger partial charge in [-0.05, 0) is 34.2 Å². The van der Waals surface area contributed by atoms with Crippen LogP contribution in [0.1, 0.15) is 11.6 Å². The van der Waals surface area contributed by atoms with Crippen molar-refractivity contribution in [3.63, 3.8) is 0 Å². The molecular formula is C13H9F4N5O2S. The summed E-state index contributed by atoms with van der Waals surface area (Å²) < 4.78 is 80.2. The molecule has 12 heteroatoms. The van der Waals surface area contributed by atoms with Gasteiger partial charge in [0.05, 0.1) is 4.90 Å². The number of hydrogen-bond acceptors (Lipinski definition) is 5. The van der Waals surface area contributed by atoms with Crippen molar-refractivity contribution in [3.05, 3.63) is 54.0 Å². The lowest BCUT2D eigenvalue weighted by Gasteiger charge is -2.22. The number of nitrogens with zero attached hydrogens (tertiary/aromatic N) is 4. The third-order valence-electron chi connectivity index (χ3n) is 3.28. The lowest BCUT2D eigenvalue weighted by Crippen LogP contribution is -2.38. The van der Waals surface area contributed by atoms with Crippen LogP contribution in [-0.2, 0) is 10.0 Å². The van der Waals surface area contributed by atoms with Gasteiger partial charge in [-0.1, -0.05) is 12.1 Å². The summed E-state index contributed by atoms with van der Waals surface area (Å²) in [6.45, 7) is 0. The first kappa shape index (κ1) is 17.2. The molecule has 1 N–H and O–H groups in total. The van der Waals surface area contributed by atoms with Gasteiger partial charge in [-0.15, -0.1) is 5.10 Å². The summed E-state index contributed by atoms with van der Waals surface area (Å²) in [5, 5.41) is 10.4. The van der Waals surface area contributed by atoms with Gasteiger partial charge in [0.15, 0.2) is 5.65 Å². The van der Waals surface area contributed by atoms with Crippen LogP contribution in [0.5, 0.6) is 0 Å². The molecule has 0 saturated carbocycles. The molecule has 0 aliphatic rings. The van der Waals surface area contributed by atoms with E-state index >= 15 is 0 Å². The highest BCUT2D eigenvalue weighted by Gasteiger charge is 2.43. The predicted molar refractivity (Wildman–Crippen MR) is 76.3 cm³/mol. The number of hydrogen-bond donors (Lipinski definition) is 1. The van der Waals surface area contributed by atoms with Crippen molar-refractivity contribution in [1.82, 2.24) is 24.8 Å². The molecule has 25 heavy (non-hydrogen) atoms. The monoisotopic (exact) mass is 375 g/mol. The van der Waals surface area contributed by atoms with Crippen LogP contribution in [0.15, 0.2) is 47.5 Å². The Morgan fingerprint density at radius 1 is 1.12 bits per heavy atom. The first-order valence-corrected chi connectivity index (χ1v) is 8.17. The van der Waals surface area contributed by atoms with Crippen molar-refractivity contribution < 1.29 is 26.0 Å². The molecule has 0 bridgehead atoms. The first-order valence-electron chi connectivity index (χ1n) is 6.69. The normalized spacial score (nSPS) is 13.9. The summed E-state index contributed by atoms with van der Waals surface area (Å²) in [5.41, 5.74) is -0.393. The largest absolute Gasteiger partial charge is 0.408 e. The lowest BCUT2D eigenvalue weighted by molar-refractivity contribution is -0.153. The van der Waals surface area contributed by atoms with E-state index in [-0.39, 0.29) is 5.65 Å². The van der Waals surface area contributed by atoms with Gasteiger partial charge in [0.25, 0.3) is 0 Å². The number of rotatable bonds is 4. The minimum atomic E-state index is -4.93. The number of tetrazole rings is 1. The van der Waals surface area contributed by atoms with Crippen molar-refractivity contribution in [2.45, 2.75) is 17.1 Å². The minimum Gasteiger partial charge on any atom is -0.207 e. The number of sulfonamides is 1. The number of pyridine rings is 1. The van der Waals surface area contributed by atoms with Crippen molar-refractivity contribution in [3.8, 4) is 0 Å². The molecule has 0 radical (unpaired) electrons. The minimum absolute atomic E-state index is 0.0493. The number of fused-ring (bicyclic) bond motifs is 1. The van der Waals surface area contributed by atoms with Crippen molar-refractivity contribution in [2.75, 3.05) is 0 Å². The van der Waals surface area contributed by atoms with E-state index in [1.807, 2.05) is 0 Å². The van der Waals surface area contributed by atoms with Crippen molar-refractivity contribution in [1.29, 1.82) is 0 Å². The van der Waals surface area contributed by atoms with Crippen LogP contribution < -0.4 is 4.72 Å². The number of halogens is 4. The Hall–Kier alpha value is -2.60. The number of aromatic nitrogens is 4. The molecule has 132 valence electrons. The number of benzene rings is 1. The summed E-state index contributed by atoms with van der Waals surface area (Å²) in [6.07, 6.45) is -3.73. The quantitative estimate of drug-likeness (QED) is 0.703. The van der Waals surface area contributed by atoms with Crippen molar-refractivity contribution in [2.24, 2.45) is 0 Å². The smallest absolute Gasteiger partial charge is 0.207 e. The Labute approximate surface area is 138 Å². The Bertz CT molecular complexity index is 1000. The summed E-state index contributed by atoms with van der Waals surface area (Å²) in [6, 6.07) is 2.91. The molecule has 3 aromatic rings. The third kappa shape index (κ3) is 3.58. The van der Waals surface area contributed by atoms with Gasteiger partial charge < -0.3 is 0 Å². The van der Waals surface area contributed by atoms with E-state index in [9.17, 15) is 26.0 Å². The Morgan fingerprint density at radius 2 is 1.80 bits per heavy atom. The van der Waals surface area contributed by atoms with Crippen LogP contribution >= 0.6 is 0 Å². The first-order chi connectivity index (χ1) is 11.7.